The molecule has 0 amide bonds. The largest absolute Gasteiger partial charge is 0.383 e. The van der Waals surface area contributed by atoms with Gasteiger partial charge in [-0.15, -0.1) is 0 Å². The predicted octanol–water partition coefficient (Wildman–Crippen LogP) is 2.76. The Kier molecular flexibility index (Phi) is 10.7. The monoisotopic (exact) mass is 258 g/mol. The molecular weight excluding hydrogens is 224 g/mol. The second-order valence-electron chi connectivity index (χ2n) is 5.72. The molecule has 0 rings (SSSR count). The van der Waals surface area contributed by atoms with Crippen LogP contribution in [0.5, 0.6) is 0 Å². The van der Waals surface area contributed by atoms with Gasteiger partial charge in [0.15, 0.2) is 0 Å². The molecule has 0 saturated heterocycles. The highest BCUT2D eigenvalue weighted by atomic mass is 16.5. The first kappa shape index (κ1) is 17.9. The van der Waals surface area contributed by atoms with E-state index in [0.717, 1.165) is 32.2 Å². The van der Waals surface area contributed by atoms with Crippen LogP contribution in [0.1, 0.15) is 47.5 Å². The summed E-state index contributed by atoms with van der Waals surface area (Å²) in [7, 11) is 1.78. The molecule has 0 radical (unpaired) electrons. The molecule has 0 aromatic carbocycles. The lowest BCUT2D eigenvalue weighted by molar-refractivity contribution is 0.0906. The second-order valence-corrected chi connectivity index (χ2v) is 5.72. The van der Waals surface area contributed by atoms with Crippen molar-refractivity contribution in [2.24, 2.45) is 5.92 Å². The summed E-state index contributed by atoms with van der Waals surface area (Å²) in [6.07, 6.45) is 2.41. The Bertz CT molecular complexity index is 185. The molecule has 0 aliphatic heterocycles. The van der Waals surface area contributed by atoms with Gasteiger partial charge in [0.2, 0.25) is 0 Å². The van der Waals surface area contributed by atoms with Crippen LogP contribution in [0.25, 0.3) is 0 Å². The quantitative estimate of drug-likeness (QED) is 0.577. The lowest BCUT2D eigenvalue weighted by Gasteiger charge is -2.34. The third-order valence-electron chi connectivity index (χ3n) is 3.57. The zero-order valence-corrected chi connectivity index (χ0v) is 13.3. The van der Waals surface area contributed by atoms with Crippen molar-refractivity contribution in [3.05, 3.63) is 0 Å². The number of hydrogen-bond acceptors (Lipinski definition) is 3. The van der Waals surface area contributed by atoms with Crippen molar-refractivity contribution in [1.82, 2.24) is 10.2 Å². The van der Waals surface area contributed by atoms with E-state index in [1.807, 2.05) is 0 Å². The molecule has 0 aromatic rings. The van der Waals surface area contributed by atoms with Crippen LogP contribution in [0.4, 0.5) is 0 Å². The van der Waals surface area contributed by atoms with Crippen LogP contribution in [-0.2, 0) is 4.74 Å². The van der Waals surface area contributed by atoms with E-state index < -0.39 is 0 Å². The Morgan fingerprint density at radius 2 is 1.78 bits per heavy atom. The maximum Gasteiger partial charge on any atom is 0.0589 e. The lowest BCUT2D eigenvalue weighted by Crippen LogP contribution is -2.43. The van der Waals surface area contributed by atoms with Gasteiger partial charge < -0.3 is 10.1 Å². The lowest BCUT2D eigenvalue weighted by atomic mass is 10.1. The Labute approximate surface area is 114 Å². The molecule has 3 heteroatoms. The van der Waals surface area contributed by atoms with Crippen molar-refractivity contribution < 1.29 is 4.74 Å². The summed E-state index contributed by atoms with van der Waals surface area (Å²) >= 11 is 0. The normalized spacial score (nSPS) is 15.3. The molecule has 2 atom stereocenters. The zero-order chi connectivity index (χ0) is 14.0. The fourth-order valence-corrected chi connectivity index (χ4v) is 2.17. The third-order valence-corrected chi connectivity index (χ3v) is 3.57. The summed E-state index contributed by atoms with van der Waals surface area (Å²) in [4.78, 5) is 2.57. The number of rotatable bonds is 11. The van der Waals surface area contributed by atoms with E-state index in [1.165, 1.54) is 12.8 Å². The van der Waals surface area contributed by atoms with Gasteiger partial charge in [0.05, 0.1) is 6.61 Å². The summed E-state index contributed by atoms with van der Waals surface area (Å²) in [5.41, 5.74) is 0. The number of ether oxygens (including phenoxy) is 1. The van der Waals surface area contributed by atoms with Crippen molar-refractivity contribution >= 4 is 0 Å². The van der Waals surface area contributed by atoms with Gasteiger partial charge in [-0.05, 0) is 45.7 Å². The van der Waals surface area contributed by atoms with Crippen LogP contribution < -0.4 is 5.32 Å². The number of nitrogens with one attached hydrogen (secondary N) is 1. The minimum absolute atomic E-state index is 0.620. The third kappa shape index (κ3) is 8.06. The highest BCUT2D eigenvalue weighted by Crippen LogP contribution is 2.11. The standard InChI is InChI=1S/C15H34N2O/c1-7-14(4)17(10-11-18-6)15(5)8-9-16-12-13(2)3/h13-16H,7-12H2,1-6H3. The summed E-state index contributed by atoms with van der Waals surface area (Å²) in [5, 5.41) is 3.53. The fourth-order valence-electron chi connectivity index (χ4n) is 2.17. The fraction of sp³-hybridized carbons (Fsp3) is 1.00. The Morgan fingerprint density at radius 1 is 1.11 bits per heavy atom. The molecule has 0 bridgehead atoms. The average molecular weight is 258 g/mol. The maximum atomic E-state index is 5.22. The topological polar surface area (TPSA) is 24.5 Å². The highest BCUT2D eigenvalue weighted by Gasteiger charge is 2.18. The van der Waals surface area contributed by atoms with Crippen molar-refractivity contribution in [3.63, 3.8) is 0 Å². The van der Waals surface area contributed by atoms with E-state index in [2.05, 4.69) is 44.8 Å². The van der Waals surface area contributed by atoms with Crippen LogP contribution in [0.2, 0.25) is 0 Å². The molecule has 0 spiro atoms. The molecule has 0 saturated carbocycles. The predicted molar refractivity (Wildman–Crippen MR) is 80.1 cm³/mol. The van der Waals surface area contributed by atoms with E-state index in [4.69, 9.17) is 4.74 Å². The first-order chi connectivity index (χ1) is 8.52. The molecule has 0 aromatic heterocycles. The number of hydrogen-bond donors (Lipinski definition) is 1. The van der Waals surface area contributed by atoms with Gasteiger partial charge in [-0.25, -0.2) is 0 Å². The van der Waals surface area contributed by atoms with Crippen molar-refractivity contribution in [2.45, 2.75) is 59.5 Å². The van der Waals surface area contributed by atoms with E-state index >= 15 is 0 Å². The molecule has 1 N–H and O–H groups in total. The van der Waals surface area contributed by atoms with Crippen molar-refractivity contribution in [2.75, 3.05) is 33.4 Å². The Balaban J connectivity index is 3.99. The zero-order valence-electron chi connectivity index (χ0n) is 13.3. The highest BCUT2D eigenvalue weighted by molar-refractivity contribution is 4.73. The molecule has 3 nitrogen and oxygen atoms in total. The number of methoxy groups -OCH3 is 1. The van der Waals surface area contributed by atoms with Gasteiger partial charge in [-0.3, -0.25) is 4.90 Å². The molecule has 0 fully saturated rings. The molecule has 0 aliphatic carbocycles. The second kappa shape index (κ2) is 10.8. The molecule has 2 unspecified atom stereocenters. The van der Waals surface area contributed by atoms with Crippen LogP contribution in [0, 0.1) is 5.92 Å². The average Bonchev–Trinajstić information content (AvgIpc) is 2.34. The Morgan fingerprint density at radius 3 is 2.28 bits per heavy atom. The SMILES string of the molecule is CCC(C)N(CCOC)C(C)CCNCC(C)C. The molecule has 18 heavy (non-hydrogen) atoms. The maximum absolute atomic E-state index is 5.22. The van der Waals surface area contributed by atoms with E-state index in [-0.39, 0.29) is 0 Å². The van der Waals surface area contributed by atoms with Crippen LogP contribution in [-0.4, -0.2) is 50.3 Å². The first-order valence-corrected chi connectivity index (χ1v) is 7.48. The van der Waals surface area contributed by atoms with Crippen LogP contribution >= 0.6 is 0 Å². The van der Waals surface area contributed by atoms with Gasteiger partial charge in [0, 0.05) is 25.7 Å². The summed E-state index contributed by atoms with van der Waals surface area (Å²) in [6, 6.07) is 1.26. The smallest absolute Gasteiger partial charge is 0.0589 e. The molecule has 0 heterocycles. The van der Waals surface area contributed by atoms with Crippen LogP contribution in [0.15, 0.2) is 0 Å². The van der Waals surface area contributed by atoms with Crippen molar-refractivity contribution in [3.8, 4) is 0 Å². The molecular formula is C15H34N2O. The van der Waals surface area contributed by atoms with Gasteiger partial charge in [0.1, 0.15) is 0 Å². The first-order valence-electron chi connectivity index (χ1n) is 7.48. The van der Waals surface area contributed by atoms with Gasteiger partial charge in [0.25, 0.3) is 0 Å². The van der Waals surface area contributed by atoms with E-state index in [1.54, 1.807) is 7.11 Å². The summed E-state index contributed by atoms with van der Waals surface area (Å²) < 4.78 is 5.22. The van der Waals surface area contributed by atoms with Gasteiger partial charge in [-0.1, -0.05) is 20.8 Å². The summed E-state index contributed by atoms with van der Waals surface area (Å²) in [6.45, 7) is 15.5. The van der Waals surface area contributed by atoms with E-state index in [0.29, 0.717) is 12.1 Å². The minimum Gasteiger partial charge on any atom is -0.383 e. The molecule has 0 aliphatic rings. The minimum atomic E-state index is 0.620. The van der Waals surface area contributed by atoms with Gasteiger partial charge >= 0.3 is 0 Å². The Hall–Kier alpha value is -0.120. The molecule has 110 valence electrons. The number of nitrogens with zero attached hydrogens (tertiary/aromatic N) is 1. The van der Waals surface area contributed by atoms with Crippen molar-refractivity contribution in [1.29, 1.82) is 0 Å². The van der Waals surface area contributed by atoms with Gasteiger partial charge in [-0.2, -0.15) is 0 Å². The van der Waals surface area contributed by atoms with Crippen LogP contribution in [0.3, 0.4) is 0 Å². The van der Waals surface area contributed by atoms with E-state index in [9.17, 15) is 0 Å². The summed E-state index contributed by atoms with van der Waals surface area (Å²) in [5.74, 6) is 0.736.